The third-order valence-electron chi connectivity index (χ3n) is 5.17. The maximum Gasteiger partial charge on any atom is 0.419 e. The number of ether oxygens (including phenoxy) is 1. The molecule has 1 saturated heterocycles. The number of oxazole rings is 1. The molecule has 1 aromatic heterocycles. The zero-order valence-corrected chi connectivity index (χ0v) is 15.3. The molecule has 0 aliphatic carbocycles. The molecule has 1 aliphatic rings. The summed E-state index contributed by atoms with van der Waals surface area (Å²) in [5.74, 6) is -0.253. The van der Waals surface area contributed by atoms with E-state index in [0.717, 1.165) is 57.7 Å². The maximum atomic E-state index is 12.0. The molecular weight excluding hydrogens is 318 g/mol. The van der Waals surface area contributed by atoms with Crippen LogP contribution >= 0.6 is 0 Å². The number of piperazine rings is 1. The van der Waals surface area contributed by atoms with E-state index in [1.165, 1.54) is 0 Å². The van der Waals surface area contributed by atoms with E-state index in [9.17, 15) is 4.79 Å². The zero-order valence-electron chi connectivity index (χ0n) is 15.3. The fourth-order valence-corrected chi connectivity index (χ4v) is 3.73. The van der Waals surface area contributed by atoms with E-state index in [1.807, 2.05) is 24.3 Å². The Hall–Kier alpha value is -1.63. The monoisotopic (exact) mass is 347 g/mol. The van der Waals surface area contributed by atoms with Crippen molar-refractivity contribution in [1.29, 1.82) is 0 Å². The van der Waals surface area contributed by atoms with Crippen molar-refractivity contribution in [3.05, 3.63) is 34.8 Å². The Morgan fingerprint density at radius 2 is 2.04 bits per heavy atom. The van der Waals surface area contributed by atoms with Crippen molar-refractivity contribution < 1.29 is 9.15 Å². The van der Waals surface area contributed by atoms with Crippen LogP contribution in [0.2, 0.25) is 0 Å². The van der Waals surface area contributed by atoms with Crippen LogP contribution < -0.4 is 5.76 Å². The van der Waals surface area contributed by atoms with Gasteiger partial charge in [-0.3, -0.25) is 9.47 Å². The second-order valence-electron chi connectivity index (χ2n) is 6.73. The first-order valence-electron chi connectivity index (χ1n) is 9.26. The van der Waals surface area contributed by atoms with Gasteiger partial charge in [-0.2, -0.15) is 0 Å². The van der Waals surface area contributed by atoms with Gasteiger partial charge in [-0.15, -0.1) is 0 Å². The summed E-state index contributed by atoms with van der Waals surface area (Å²) in [6.07, 6.45) is 2.12. The van der Waals surface area contributed by atoms with Crippen LogP contribution in [0.25, 0.3) is 11.1 Å². The molecule has 1 aromatic carbocycles. The lowest BCUT2D eigenvalue weighted by molar-refractivity contribution is 0.0489. The van der Waals surface area contributed by atoms with Crippen LogP contribution in [0, 0.1) is 0 Å². The van der Waals surface area contributed by atoms with E-state index in [0.29, 0.717) is 18.2 Å². The van der Waals surface area contributed by atoms with E-state index in [4.69, 9.17) is 9.15 Å². The van der Waals surface area contributed by atoms with E-state index in [2.05, 4.69) is 16.7 Å². The molecule has 2 heterocycles. The molecule has 3 rings (SSSR count). The maximum absolute atomic E-state index is 12.0. The molecule has 0 N–H and O–H groups in total. The average molecular weight is 347 g/mol. The van der Waals surface area contributed by atoms with Crippen LogP contribution in [0.1, 0.15) is 19.8 Å². The fourth-order valence-electron chi connectivity index (χ4n) is 3.73. The van der Waals surface area contributed by atoms with Gasteiger partial charge in [0.05, 0.1) is 12.1 Å². The van der Waals surface area contributed by atoms with Gasteiger partial charge in [-0.05, 0) is 31.5 Å². The lowest BCUT2D eigenvalue weighted by Crippen LogP contribution is -2.53. The first-order valence-corrected chi connectivity index (χ1v) is 9.26. The highest BCUT2D eigenvalue weighted by atomic mass is 16.5. The number of aromatic nitrogens is 1. The quantitative estimate of drug-likeness (QED) is 0.731. The molecule has 0 bridgehead atoms. The average Bonchev–Trinajstić information content (AvgIpc) is 2.96. The van der Waals surface area contributed by atoms with E-state index in [-0.39, 0.29) is 5.76 Å². The molecule has 0 amide bonds. The Balaban J connectivity index is 1.52. The highest BCUT2D eigenvalue weighted by Gasteiger charge is 2.25. The summed E-state index contributed by atoms with van der Waals surface area (Å²) in [7, 11) is 1.76. The van der Waals surface area contributed by atoms with Gasteiger partial charge < -0.3 is 14.1 Å². The molecule has 1 atom stereocenters. The van der Waals surface area contributed by atoms with E-state index >= 15 is 0 Å². The summed E-state index contributed by atoms with van der Waals surface area (Å²) >= 11 is 0. The van der Waals surface area contributed by atoms with Gasteiger partial charge in [0.2, 0.25) is 0 Å². The zero-order chi connectivity index (χ0) is 17.6. The van der Waals surface area contributed by atoms with Gasteiger partial charge in [0.25, 0.3) is 0 Å². The molecule has 0 radical (unpaired) electrons. The van der Waals surface area contributed by atoms with Gasteiger partial charge in [-0.25, -0.2) is 4.79 Å². The molecule has 1 fully saturated rings. The van der Waals surface area contributed by atoms with Gasteiger partial charge in [0.15, 0.2) is 5.58 Å². The summed E-state index contributed by atoms with van der Waals surface area (Å²) in [4.78, 5) is 17.1. The van der Waals surface area contributed by atoms with Crippen LogP contribution in [-0.2, 0) is 11.3 Å². The molecule has 1 aliphatic heterocycles. The largest absolute Gasteiger partial charge is 0.419 e. The molecule has 0 spiro atoms. The van der Waals surface area contributed by atoms with Crippen molar-refractivity contribution in [2.24, 2.45) is 0 Å². The predicted octanol–water partition coefficient (Wildman–Crippen LogP) is 2.03. The number of benzene rings is 1. The van der Waals surface area contributed by atoms with Crippen LogP contribution in [0.15, 0.2) is 33.5 Å². The molecule has 25 heavy (non-hydrogen) atoms. The second-order valence-corrected chi connectivity index (χ2v) is 6.73. The fraction of sp³-hybridized carbons (Fsp3) is 0.632. The Morgan fingerprint density at radius 3 is 2.84 bits per heavy atom. The Bertz CT molecular complexity index is 724. The molecule has 138 valence electrons. The number of rotatable bonds is 8. The molecule has 0 unspecified atom stereocenters. The highest BCUT2D eigenvalue weighted by molar-refractivity contribution is 5.72. The number of fused-ring (bicyclic) bond motifs is 1. The summed E-state index contributed by atoms with van der Waals surface area (Å²) in [6, 6.07) is 8.23. The molecule has 0 saturated carbocycles. The summed E-state index contributed by atoms with van der Waals surface area (Å²) in [5.41, 5.74) is 1.56. The van der Waals surface area contributed by atoms with Gasteiger partial charge >= 0.3 is 5.76 Å². The van der Waals surface area contributed by atoms with Gasteiger partial charge in [0, 0.05) is 45.9 Å². The Morgan fingerprint density at radius 1 is 1.20 bits per heavy atom. The number of methoxy groups -OCH3 is 1. The van der Waals surface area contributed by atoms with Gasteiger partial charge in [-0.1, -0.05) is 19.1 Å². The van der Waals surface area contributed by atoms with Crippen molar-refractivity contribution in [2.45, 2.75) is 32.4 Å². The van der Waals surface area contributed by atoms with Crippen molar-refractivity contribution >= 4 is 11.1 Å². The first kappa shape index (κ1) is 18.2. The minimum atomic E-state index is -0.253. The third kappa shape index (κ3) is 4.32. The summed E-state index contributed by atoms with van der Waals surface area (Å²) in [5, 5.41) is 0. The molecular formula is C19H29N3O3. The lowest BCUT2D eigenvalue weighted by Gasteiger charge is -2.41. The summed E-state index contributed by atoms with van der Waals surface area (Å²) in [6.45, 7) is 9.06. The topological polar surface area (TPSA) is 50.9 Å². The standard InChI is InChI=1S/C19H29N3O3/c1-3-16-15-20(11-12-21(16)13-14-24-2)9-6-10-22-17-7-4-5-8-18(17)25-19(22)23/h4-5,7-8,16H,3,6,9-15H2,1-2H3/t16-/m1/s1. The van der Waals surface area contributed by atoms with Crippen molar-refractivity contribution in [1.82, 2.24) is 14.4 Å². The SMILES string of the molecule is CC[C@@H]1CN(CCCn2c(=O)oc3ccccc32)CCN1CCOC. The van der Waals surface area contributed by atoms with Crippen LogP contribution in [0.4, 0.5) is 0 Å². The second kappa shape index (κ2) is 8.65. The Labute approximate surface area is 149 Å². The molecule has 2 aromatic rings. The van der Waals surface area contributed by atoms with E-state index < -0.39 is 0 Å². The van der Waals surface area contributed by atoms with Gasteiger partial charge in [0.1, 0.15) is 0 Å². The normalized spacial score (nSPS) is 19.7. The minimum absolute atomic E-state index is 0.253. The minimum Gasteiger partial charge on any atom is -0.408 e. The van der Waals surface area contributed by atoms with Crippen LogP contribution in [0.3, 0.4) is 0 Å². The predicted molar refractivity (Wildman–Crippen MR) is 99.1 cm³/mol. The highest BCUT2D eigenvalue weighted by Crippen LogP contribution is 2.15. The van der Waals surface area contributed by atoms with Crippen molar-refractivity contribution in [2.75, 3.05) is 46.4 Å². The Kier molecular flexibility index (Phi) is 6.29. The van der Waals surface area contributed by atoms with Crippen molar-refractivity contribution in [3.8, 4) is 0 Å². The number of hydrogen-bond donors (Lipinski definition) is 0. The molecule has 6 heteroatoms. The number of nitrogens with zero attached hydrogens (tertiary/aromatic N) is 3. The van der Waals surface area contributed by atoms with Crippen molar-refractivity contribution in [3.63, 3.8) is 0 Å². The number of hydrogen-bond acceptors (Lipinski definition) is 5. The van der Waals surface area contributed by atoms with E-state index in [1.54, 1.807) is 11.7 Å². The smallest absolute Gasteiger partial charge is 0.408 e. The van der Waals surface area contributed by atoms with Crippen LogP contribution in [-0.4, -0.2) is 66.8 Å². The first-order chi connectivity index (χ1) is 12.2. The molecule has 6 nitrogen and oxygen atoms in total. The van der Waals surface area contributed by atoms with Crippen LogP contribution in [0.5, 0.6) is 0 Å². The third-order valence-corrected chi connectivity index (χ3v) is 5.17. The number of para-hydroxylation sites is 2. The summed E-state index contributed by atoms with van der Waals surface area (Å²) < 4.78 is 12.3. The number of aryl methyl sites for hydroxylation is 1. The lowest BCUT2D eigenvalue weighted by atomic mass is 10.1.